The number of nitro benzene ring substituents is 1. The van der Waals surface area contributed by atoms with Crippen LogP contribution >= 0.6 is 11.8 Å². The highest BCUT2D eigenvalue weighted by Crippen LogP contribution is 2.42. The fraction of sp³-hybridized carbons (Fsp3) is 0.211. The molecule has 0 saturated carbocycles. The number of phenolic OH excluding ortho intramolecular Hbond substituents is 1. The van der Waals surface area contributed by atoms with E-state index in [-0.39, 0.29) is 11.4 Å². The number of aromatic nitrogens is 3. The predicted octanol–water partition coefficient (Wildman–Crippen LogP) is 4.16. The lowest BCUT2D eigenvalue weighted by Crippen LogP contribution is -2.17. The molecule has 0 radical (unpaired) electrons. The molecule has 4 rings (SSSR count). The summed E-state index contributed by atoms with van der Waals surface area (Å²) >= 11 is 1.46. The molecular weight excluding hydrogens is 394 g/mol. The highest BCUT2D eigenvalue weighted by atomic mass is 32.2. The Labute approximate surface area is 170 Å². The number of para-hydroxylation sites is 2. The average Bonchev–Trinajstić information content (AvgIpc) is 2.88. The smallest absolute Gasteiger partial charge is 0.311 e. The fourth-order valence-electron chi connectivity index (χ4n) is 2.95. The lowest BCUT2D eigenvalue weighted by molar-refractivity contribution is -0.386. The number of anilines is 1. The van der Waals surface area contributed by atoms with E-state index in [0.29, 0.717) is 16.5 Å². The summed E-state index contributed by atoms with van der Waals surface area (Å²) in [7, 11) is 0. The molecule has 0 saturated heterocycles. The van der Waals surface area contributed by atoms with Crippen LogP contribution in [0.25, 0.3) is 11.3 Å². The Kier molecular flexibility index (Phi) is 5.17. The molecule has 0 aliphatic carbocycles. The van der Waals surface area contributed by atoms with Gasteiger partial charge < -0.3 is 15.2 Å². The number of nitrogens with one attached hydrogen (secondary N) is 1. The maximum Gasteiger partial charge on any atom is 0.311 e. The van der Waals surface area contributed by atoms with Gasteiger partial charge in [0, 0.05) is 23.1 Å². The van der Waals surface area contributed by atoms with Gasteiger partial charge >= 0.3 is 5.69 Å². The monoisotopic (exact) mass is 411 g/mol. The predicted molar refractivity (Wildman–Crippen MR) is 108 cm³/mol. The van der Waals surface area contributed by atoms with Gasteiger partial charge in [-0.2, -0.15) is 4.98 Å². The van der Waals surface area contributed by atoms with Gasteiger partial charge in [-0.1, -0.05) is 43.0 Å². The number of ether oxygens (including phenoxy) is 1. The van der Waals surface area contributed by atoms with Gasteiger partial charge in [0.1, 0.15) is 0 Å². The summed E-state index contributed by atoms with van der Waals surface area (Å²) in [6.45, 7) is 2.06. The van der Waals surface area contributed by atoms with Crippen molar-refractivity contribution in [3.05, 3.63) is 58.1 Å². The van der Waals surface area contributed by atoms with Crippen molar-refractivity contribution in [3.8, 4) is 22.9 Å². The van der Waals surface area contributed by atoms with Crippen LogP contribution in [0.15, 0.2) is 47.6 Å². The lowest BCUT2D eigenvalue weighted by Gasteiger charge is -2.20. The van der Waals surface area contributed by atoms with Gasteiger partial charge in [0.05, 0.1) is 10.5 Å². The summed E-state index contributed by atoms with van der Waals surface area (Å²) < 4.78 is 6.04. The van der Waals surface area contributed by atoms with E-state index in [9.17, 15) is 15.2 Å². The van der Waals surface area contributed by atoms with E-state index in [4.69, 9.17) is 4.74 Å². The van der Waals surface area contributed by atoms with Crippen LogP contribution in [0.3, 0.4) is 0 Å². The maximum absolute atomic E-state index is 11.2. The van der Waals surface area contributed by atoms with Crippen LogP contribution in [0.5, 0.6) is 11.6 Å². The average molecular weight is 411 g/mol. The second-order valence-electron chi connectivity index (χ2n) is 6.26. The van der Waals surface area contributed by atoms with Crippen molar-refractivity contribution in [2.24, 2.45) is 0 Å². The third kappa shape index (κ3) is 3.66. The van der Waals surface area contributed by atoms with Crippen LogP contribution in [0.4, 0.5) is 11.4 Å². The van der Waals surface area contributed by atoms with Gasteiger partial charge in [-0.3, -0.25) is 10.1 Å². The molecule has 2 N–H and O–H groups in total. The number of nitrogens with zero attached hydrogens (tertiary/aromatic N) is 4. The normalized spacial score (nSPS) is 14.7. The number of aromatic hydroxyl groups is 1. The van der Waals surface area contributed by atoms with Gasteiger partial charge in [0.15, 0.2) is 5.69 Å². The third-order valence-corrected chi connectivity index (χ3v) is 5.34. The van der Waals surface area contributed by atoms with Crippen LogP contribution in [-0.4, -0.2) is 31.0 Å². The minimum Gasteiger partial charge on any atom is -0.502 e. The Balaban J connectivity index is 1.82. The van der Waals surface area contributed by atoms with E-state index >= 15 is 0 Å². The summed E-state index contributed by atoms with van der Waals surface area (Å²) in [4.78, 5) is 15.1. The number of hydrogen-bond acceptors (Lipinski definition) is 9. The van der Waals surface area contributed by atoms with Gasteiger partial charge in [-0.05, 0) is 18.6 Å². The zero-order chi connectivity index (χ0) is 20.4. The minimum atomic E-state index is -0.905. The van der Waals surface area contributed by atoms with E-state index in [0.717, 1.165) is 17.7 Å². The van der Waals surface area contributed by atoms with E-state index < -0.39 is 22.6 Å². The van der Waals surface area contributed by atoms with Crippen molar-refractivity contribution in [2.75, 3.05) is 11.1 Å². The molecule has 0 amide bonds. The van der Waals surface area contributed by atoms with E-state index in [1.807, 2.05) is 24.3 Å². The Morgan fingerprint density at radius 2 is 2.07 bits per heavy atom. The van der Waals surface area contributed by atoms with Crippen LogP contribution in [0, 0.1) is 10.1 Å². The number of benzene rings is 2. The standard InChI is InChI=1S/C19H17N5O4S/c1-2-10-29-19-21-18-15(22-23-19)11-6-3-4-8-13(11)20-17(28-18)12-7-5-9-14(16(12)25)24(26)27/h3-9,17,20,25H,2,10H2,1H3. The molecule has 2 aromatic carbocycles. The molecule has 1 aromatic heterocycles. The number of phenols is 1. The van der Waals surface area contributed by atoms with Crippen molar-refractivity contribution < 1.29 is 14.8 Å². The Morgan fingerprint density at radius 1 is 1.24 bits per heavy atom. The fourth-order valence-corrected chi connectivity index (χ4v) is 3.58. The Morgan fingerprint density at radius 3 is 2.86 bits per heavy atom. The van der Waals surface area contributed by atoms with Crippen molar-refractivity contribution in [1.82, 2.24) is 15.2 Å². The molecule has 1 aliphatic heterocycles. The van der Waals surface area contributed by atoms with Crippen LogP contribution in [-0.2, 0) is 0 Å². The number of nitro groups is 1. The summed E-state index contributed by atoms with van der Waals surface area (Å²) in [6.07, 6.45) is 0.0543. The van der Waals surface area contributed by atoms with Gasteiger partial charge in [-0.25, -0.2) is 0 Å². The maximum atomic E-state index is 11.2. The Hall–Kier alpha value is -3.40. The molecule has 2 heterocycles. The molecule has 148 valence electrons. The molecule has 1 aliphatic rings. The quantitative estimate of drug-likeness (QED) is 0.362. The van der Waals surface area contributed by atoms with Gasteiger partial charge in [-0.15, -0.1) is 10.2 Å². The van der Waals surface area contributed by atoms with E-state index in [2.05, 4.69) is 27.4 Å². The van der Waals surface area contributed by atoms with Crippen LogP contribution in [0.2, 0.25) is 0 Å². The van der Waals surface area contributed by atoms with Gasteiger partial charge in [0.2, 0.25) is 23.0 Å². The third-order valence-electron chi connectivity index (χ3n) is 4.29. The Bertz CT molecular complexity index is 1080. The van der Waals surface area contributed by atoms with Crippen LogP contribution in [0.1, 0.15) is 25.1 Å². The molecule has 3 aromatic rings. The molecule has 0 bridgehead atoms. The van der Waals surface area contributed by atoms with Crippen molar-refractivity contribution in [1.29, 1.82) is 0 Å². The van der Waals surface area contributed by atoms with E-state index in [1.54, 1.807) is 6.07 Å². The lowest BCUT2D eigenvalue weighted by atomic mass is 10.1. The zero-order valence-electron chi connectivity index (χ0n) is 15.4. The molecule has 1 atom stereocenters. The first kappa shape index (κ1) is 18.9. The first-order chi connectivity index (χ1) is 14.1. The summed E-state index contributed by atoms with van der Waals surface area (Å²) in [5.74, 6) is 0.621. The second kappa shape index (κ2) is 7.92. The SMILES string of the molecule is CCCSc1nnc2c(n1)OC(c1cccc([N+](=O)[O-])c1O)Nc1ccccc1-2. The van der Waals surface area contributed by atoms with Crippen molar-refractivity contribution in [2.45, 2.75) is 24.7 Å². The van der Waals surface area contributed by atoms with E-state index in [1.165, 1.54) is 23.9 Å². The largest absolute Gasteiger partial charge is 0.502 e. The number of thioether (sulfide) groups is 1. The number of hydrogen-bond donors (Lipinski definition) is 2. The first-order valence-electron chi connectivity index (χ1n) is 8.95. The highest BCUT2D eigenvalue weighted by Gasteiger charge is 2.30. The molecule has 0 fully saturated rings. The zero-order valence-corrected chi connectivity index (χ0v) is 16.2. The number of rotatable bonds is 5. The summed E-state index contributed by atoms with van der Waals surface area (Å²) in [5.41, 5.74) is 1.71. The topological polar surface area (TPSA) is 123 Å². The first-order valence-corrected chi connectivity index (χ1v) is 9.93. The van der Waals surface area contributed by atoms with Gasteiger partial charge in [0.25, 0.3) is 0 Å². The number of fused-ring (bicyclic) bond motifs is 3. The molecule has 10 heteroatoms. The van der Waals surface area contributed by atoms with Crippen LogP contribution < -0.4 is 10.1 Å². The minimum absolute atomic E-state index is 0.225. The molecular formula is C19H17N5O4S. The highest BCUT2D eigenvalue weighted by molar-refractivity contribution is 7.99. The summed E-state index contributed by atoms with van der Waals surface area (Å²) in [5, 5.41) is 33.8. The second-order valence-corrected chi connectivity index (χ2v) is 7.32. The molecule has 0 spiro atoms. The summed E-state index contributed by atoms with van der Waals surface area (Å²) in [6, 6.07) is 11.7. The van der Waals surface area contributed by atoms with Crippen molar-refractivity contribution >= 4 is 23.1 Å². The molecule has 1 unspecified atom stereocenters. The van der Waals surface area contributed by atoms with Crippen molar-refractivity contribution in [3.63, 3.8) is 0 Å². The molecule has 9 nitrogen and oxygen atoms in total. The molecule has 29 heavy (non-hydrogen) atoms.